The van der Waals surface area contributed by atoms with E-state index in [-0.39, 0.29) is 6.71 Å². The van der Waals surface area contributed by atoms with Gasteiger partial charge in [-0.3, -0.25) is 0 Å². The van der Waals surface area contributed by atoms with Crippen molar-refractivity contribution in [3.05, 3.63) is 78.9 Å². The molecule has 0 radical (unpaired) electrons. The van der Waals surface area contributed by atoms with Crippen LogP contribution in [0.3, 0.4) is 0 Å². The zero-order valence-electron chi connectivity index (χ0n) is 15.5. The first-order valence-corrected chi connectivity index (χ1v) is 9.46. The van der Waals surface area contributed by atoms with Gasteiger partial charge in [-0.1, -0.05) is 60.7 Å². The lowest BCUT2D eigenvalue weighted by molar-refractivity contribution is 1.19. The Labute approximate surface area is 159 Å². The van der Waals surface area contributed by atoms with Crippen molar-refractivity contribution >= 4 is 56.6 Å². The van der Waals surface area contributed by atoms with E-state index in [0.29, 0.717) is 0 Å². The molecule has 0 amide bonds. The molecule has 0 aliphatic carbocycles. The van der Waals surface area contributed by atoms with Gasteiger partial charge in [0, 0.05) is 42.2 Å². The van der Waals surface area contributed by atoms with Crippen molar-refractivity contribution in [1.29, 1.82) is 0 Å². The van der Waals surface area contributed by atoms with E-state index in [1.807, 2.05) is 0 Å². The molecule has 6 rings (SSSR count). The van der Waals surface area contributed by atoms with Crippen molar-refractivity contribution in [2.24, 2.45) is 0 Å². The molecule has 0 N–H and O–H groups in total. The number of benzene rings is 4. The number of hydrogen-bond donors (Lipinski definition) is 0. The Bertz CT molecular complexity index is 1230. The monoisotopic (exact) mass is 346 g/mol. The maximum atomic E-state index is 2.38. The van der Waals surface area contributed by atoms with Crippen LogP contribution in [0.5, 0.6) is 0 Å². The molecule has 2 heterocycles. The smallest absolute Gasteiger partial charge is 0.252 e. The minimum absolute atomic E-state index is 0.277. The Morgan fingerprint density at radius 3 is 2.19 bits per heavy atom. The molecule has 4 aromatic carbocycles. The molecule has 0 bridgehead atoms. The van der Waals surface area contributed by atoms with E-state index in [4.69, 9.17) is 0 Å². The number of anilines is 4. The largest absolute Gasteiger partial charge is 0.345 e. The van der Waals surface area contributed by atoms with Crippen LogP contribution < -0.4 is 26.2 Å². The summed E-state index contributed by atoms with van der Waals surface area (Å²) in [5, 5.41) is 2.62. The summed E-state index contributed by atoms with van der Waals surface area (Å²) in [6.45, 7) is 0.277. The third-order valence-corrected chi connectivity index (χ3v) is 6.26. The maximum Gasteiger partial charge on any atom is 0.252 e. The van der Waals surface area contributed by atoms with Crippen LogP contribution in [0.15, 0.2) is 78.9 Å². The predicted octanol–water partition coefficient (Wildman–Crippen LogP) is 3.52. The summed E-state index contributed by atoms with van der Waals surface area (Å²) in [7, 11) is 4.39. The van der Waals surface area contributed by atoms with Gasteiger partial charge >= 0.3 is 0 Å². The van der Waals surface area contributed by atoms with E-state index in [1.54, 1.807) is 0 Å². The van der Waals surface area contributed by atoms with Crippen LogP contribution in [0, 0.1) is 0 Å². The van der Waals surface area contributed by atoms with Gasteiger partial charge in [0.1, 0.15) is 0 Å². The molecule has 2 nitrogen and oxygen atoms in total. The van der Waals surface area contributed by atoms with Crippen molar-refractivity contribution in [3.8, 4) is 0 Å². The fourth-order valence-electron chi connectivity index (χ4n) is 5.07. The van der Waals surface area contributed by atoms with Crippen LogP contribution in [0.4, 0.5) is 22.7 Å². The fraction of sp³-hybridized carbons (Fsp3) is 0.0833. The van der Waals surface area contributed by atoms with E-state index in [2.05, 4.69) is 103 Å². The summed E-state index contributed by atoms with van der Waals surface area (Å²) in [6.07, 6.45) is 0. The van der Waals surface area contributed by atoms with E-state index in [1.165, 1.54) is 49.9 Å². The van der Waals surface area contributed by atoms with Gasteiger partial charge in [0.15, 0.2) is 0 Å². The Kier molecular flexibility index (Phi) is 2.86. The molecular weight excluding hydrogens is 327 g/mol. The van der Waals surface area contributed by atoms with Gasteiger partial charge in [-0.05, 0) is 40.0 Å². The minimum atomic E-state index is 0.277. The van der Waals surface area contributed by atoms with Crippen LogP contribution in [0.2, 0.25) is 0 Å². The first kappa shape index (κ1) is 14.9. The summed E-state index contributed by atoms with van der Waals surface area (Å²) >= 11 is 0. The lowest BCUT2D eigenvalue weighted by atomic mass is 9.33. The molecule has 0 saturated heterocycles. The molecule has 0 saturated carbocycles. The second kappa shape index (κ2) is 5.17. The molecule has 0 unspecified atom stereocenters. The topological polar surface area (TPSA) is 6.48 Å². The summed E-state index contributed by atoms with van der Waals surface area (Å²) in [6, 6.07) is 28.9. The number of rotatable bonds is 0. The second-order valence-corrected chi connectivity index (χ2v) is 7.54. The molecule has 0 aromatic heterocycles. The van der Waals surface area contributed by atoms with Gasteiger partial charge in [0.25, 0.3) is 6.71 Å². The van der Waals surface area contributed by atoms with E-state index < -0.39 is 0 Å². The zero-order chi connectivity index (χ0) is 18.1. The lowest BCUT2D eigenvalue weighted by Gasteiger charge is -2.42. The van der Waals surface area contributed by atoms with Gasteiger partial charge < -0.3 is 9.80 Å². The molecule has 0 fully saturated rings. The average molecular weight is 346 g/mol. The van der Waals surface area contributed by atoms with Crippen molar-refractivity contribution in [2.45, 2.75) is 0 Å². The van der Waals surface area contributed by atoms with E-state index >= 15 is 0 Å². The SMILES string of the molecule is CN1c2ccccc2B2c3ccc4ccccc4c3N(C)c3cccc1c32. The van der Waals surface area contributed by atoms with Gasteiger partial charge in [0.2, 0.25) is 0 Å². The van der Waals surface area contributed by atoms with Gasteiger partial charge in [-0.15, -0.1) is 0 Å². The number of fused-ring (bicyclic) bond motifs is 6. The Morgan fingerprint density at radius 2 is 1.30 bits per heavy atom. The second-order valence-electron chi connectivity index (χ2n) is 7.54. The Hall–Kier alpha value is -3.20. The highest BCUT2D eigenvalue weighted by Crippen LogP contribution is 2.38. The third kappa shape index (κ3) is 1.81. The molecule has 128 valence electrons. The van der Waals surface area contributed by atoms with Crippen LogP contribution in [0.25, 0.3) is 10.8 Å². The van der Waals surface area contributed by atoms with E-state index in [9.17, 15) is 0 Å². The number of nitrogens with zero attached hydrogens (tertiary/aromatic N) is 2. The summed E-state index contributed by atoms with van der Waals surface area (Å²) < 4.78 is 0. The highest BCUT2D eigenvalue weighted by atomic mass is 15.1. The van der Waals surface area contributed by atoms with Crippen LogP contribution in [-0.4, -0.2) is 20.8 Å². The van der Waals surface area contributed by atoms with Crippen molar-refractivity contribution < 1.29 is 0 Å². The van der Waals surface area contributed by atoms with Crippen molar-refractivity contribution in [1.82, 2.24) is 0 Å². The molecule has 27 heavy (non-hydrogen) atoms. The first-order chi connectivity index (χ1) is 13.3. The number of para-hydroxylation sites is 1. The van der Waals surface area contributed by atoms with E-state index in [0.717, 1.165) is 0 Å². The van der Waals surface area contributed by atoms with Crippen molar-refractivity contribution in [2.75, 3.05) is 23.9 Å². The van der Waals surface area contributed by atoms with Crippen LogP contribution in [0.1, 0.15) is 0 Å². The average Bonchev–Trinajstić information content (AvgIpc) is 2.72. The van der Waals surface area contributed by atoms with Crippen molar-refractivity contribution in [3.63, 3.8) is 0 Å². The lowest BCUT2D eigenvalue weighted by Crippen LogP contribution is -2.61. The van der Waals surface area contributed by atoms with Gasteiger partial charge in [-0.2, -0.15) is 0 Å². The van der Waals surface area contributed by atoms with Crippen LogP contribution >= 0.6 is 0 Å². The standard InChI is InChI=1S/C24H19BN2/c1-26-20-11-6-5-10-18(20)25-19-15-14-16-8-3-4-9-17(16)24(19)27(2)22-13-7-12-21(26)23(22)25/h3-15H,1-2H3. The first-order valence-electron chi connectivity index (χ1n) is 9.46. The Balaban J connectivity index is 1.77. The van der Waals surface area contributed by atoms with Gasteiger partial charge in [-0.25, -0.2) is 0 Å². The fourth-order valence-corrected chi connectivity index (χ4v) is 5.07. The van der Waals surface area contributed by atoms with Gasteiger partial charge in [0.05, 0.1) is 0 Å². The summed E-state index contributed by atoms with van der Waals surface area (Å²) in [5.74, 6) is 0. The molecule has 2 aliphatic rings. The molecule has 4 aromatic rings. The highest BCUT2D eigenvalue weighted by Gasteiger charge is 2.40. The summed E-state index contributed by atoms with van der Waals surface area (Å²) in [4.78, 5) is 4.72. The minimum Gasteiger partial charge on any atom is -0.345 e. The Morgan fingerprint density at radius 1 is 0.593 bits per heavy atom. The zero-order valence-corrected chi connectivity index (χ0v) is 15.5. The molecule has 2 aliphatic heterocycles. The molecule has 0 spiro atoms. The highest BCUT2D eigenvalue weighted by molar-refractivity contribution is 7.00. The normalized spacial score (nSPS) is 14.1. The number of hydrogen-bond acceptors (Lipinski definition) is 2. The predicted molar refractivity (Wildman–Crippen MR) is 118 cm³/mol. The van der Waals surface area contributed by atoms with Crippen LogP contribution in [-0.2, 0) is 0 Å². The third-order valence-electron chi connectivity index (χ3n) is 6.26. The molecule has 3 heteroatoms. The maximum absolute atomic E-state index is 2.38. The quantitative estimate of drug-likeness (QED) is 0.450. The summed E-state index contributed by atoms with van der Waals surface area (Å²) in [5.41, 5.74) is 9.47. The molecule has 0 atom stereocenters. The molecular formula is C24H19BN2.